The third kappa shape index (κ3) is 2.55. The van der Waals surface area contributed by atoms with Gasteiger partial charge in [-0.2, -0.15) is 4.98 Å². The molecule has 4 atom stereocenters. The third-order valence-corrected chi connectivity index (χ3v) is 4.66. The molecule has 2 saturated carbocycles. The van der Waals surface area contributed by atoms with Gasteiger partial charge in [-0.25, -0.2) is 0 Å². The largest absolute Gasteiger partial charge is 0.393 e. The van der Waals surface area contributed by atoms with Gasteiger partial charge in [-0.1, -0.05) is 5.16 Å². The van der Waals surface area contributed by atoms with E-state index in [0.717, 1.165) is 25.7 Å². The number of rotatable bonds is 4. The van der Waals surface area contributed by atoms with Gasteiger partial charge in [0.2, 0.25) is 5.89 Å². The minimum Gasteiger partial charge on any atom is -0.393 e. The fourth-order valence-electron chi connectivity index (χ4n) is 3.67. The number of carbonyl (C=O) groups excluding carboxylic acids is 1. The van der Waals surface area contributed by atoms with Gasteiger partial charge in [-0.05, 0) is 44.6 Å². The van der Waals surface area contributed by atoms with E-state index in [1.54, 1.807) is 0 Å². The minimum atomic E-state index is -0.674. The maximum atomic E-state index is 10.9. The summed E-state index contributed by atoms with van der Waals surface area (Å²) in [5, 5.41) is 13.2. The van der Waals surface area contributed by atoms with Crippen LogP contribution < -0.4 is 5.73 Å². The Balaban J connectivity index is 1.57. The molecule has 110 valence electrons. The van der Waals surface area contributed by atoms with Crippen molar-refractivity contribution < 1.29 is 14.4 Å². The highest BCUT2D eigenvalue weighted by molar-refractivity contribution is 5.88. The van der Waals surface area contributed by atoms with E-state index in [1.165, 1.54) is 0 Å². The zero-order valence-corrected chi connectivity index (χ0v) is 11.5. The molecule has 0 bridgehead atoms. The lowest BCUT2D eigenvalue weighted by molar-refractivity contribution is 0.0987. The van der Waals surface area contributed by atoms with Crippen molar-refractivity contribution in [1.82, 2.24) is 15.0 Å². The molecule has 3 rings (SSSR count). The molecule has 7 nitrogen and oxygen atoms in total. The second kappa shape index (κ2) is 5.14. The fourth-order valence-corrected chi connectivity index (χ4v) is 3.67. The van der Waals surface area contributed by atoms with Crippen molar-refractivity contribution in [2.75, 3.05) is 7.05 Å². The molecule has 0 spiro atoms. The molecule has 2 aliphatic carbocycles. The average Bonchev–Trinajstić information content (AvgIpc) is 3.02. The maximum absolute atomic E-state index is 10.9. The molecule has 2 fully saturated rings. The Morgan fingerprint density at radius 3 is 2.60 bits per heavy atom. The molecule has 0 saturated heterocycles. The first kappa shape index (κ1) is 13.5. The van der Waals surface area contributed by atoms with Gasteiger partial charge in [-0.3, -0.25) is 9.69 Å². The number of fused-ring (bicyclic) bond motifs is 1. The molecular weight excluding hydrogens is 260 g/mol. The first-order valence-electron chi connectivity index (χ1n) is 7.03. The van der Waals surface area contributed by atoms with E-state index in [9.17, 15) is 9.90 Å². The van der Waals surface area contributed by atoms with Gasteiger partial charge < -0.3 is 15.4 Å². The molecule has 7 heteroatoms. The van der Waals surface area contributed by atoms with E-state index in [0.29, 0.717) is 30.3 Å². The number of amides is 1. The predicted octanol–water partition coefficient (Wildman–Crippen LogP) is 0.150. The zero-order chi connectivity index (χ0) is 14.3. The summed E-state index contributed by atoms with van der Waals surface area (Å²) >= 11 is 0. The van der Waals surface area contributed by atoms with Crippen LogP contribution in [-0.4, -0.2) is 45.2 Å². The molecule has 2 aliphatic rings. The lowest BCUT2D eigenvalue weighted by Gasteiger charge is -2.23. The number of nitrogens with zero attached hydrogens (tertiary/aromatic N) is 3. The molecule has 20 heavy (non-hydrogen) atoms. The molecule has 2 unspecified atom stereocenters. The van der Waals surface area contributed by atoms with Gasteiger partial charge >= 0.3 is 0 Å². The van der Waals surface area contributed by atoms with Gasteiger partial charge in [0.1, 0.15) is 0 Å². The first-order chi connectivity index (χ1) is 9.52. The fraction of sp³-hybridized carbons (Fsp3) is 0.769. The number of aromatic nitrogens is 2. The van der Waals surface area contributed by atoms with Crippen LogP contribution in [0, 0.1) is 11.8 Å². The SMILES string of the molecule is CN(Cc1nc(C(N)=O)no1)C1C[C@H]2CC(O)C[C@H]2C1. The first-order valence-corrected chi connectivity index (χ1v) is 7.03. The highest BCUT2D eigenvalue weighted by Gasteiger charge is 2.42. The highest BCUT2D eigenvalue weighted by Crippen LogP contribution is 2.45. The summed E-state index contributed by atoms with van der Waals surface area (Å²) in [5.74, 6) is 0.952. The Labute approximate surface area is 117 Å². The van der Waals surface area contributed by atoms with Crippen LogP contribution >= 0.6 is 0 Å². The van der Waals surface area contributed by atoms with E-state index < -0.39 is 5.91 Å². The van der Waals surface area contributed by atoms with Crippen LogP contribution in [0.4, 0.5) is 0 Å². The van der Waals surface area contributed by atoms with Gasteiger partial charge in [-0.15, -0.1) is 0 Å². The topological polar surface area (TPSA) is 105 Å². The van der Waals surface area contributed by atoms with Gasteiger partial charge in [0.05, 0.1) is 12.6 Å². The zero-order valence-electron chi connectivity index (χ0n) is 11.5. The van der Waals surface area contributed by atoms with E-state index in [1.807, 2.05) is 7.05 Å². The van der Waals surface area contributed by atoms with Crippen molar-refractivity contribution in [2.24, 2.45) is 17.6 Å². The lowest BCUT2D eigenvalue weighted by Crippen LogP contribution is -2.30. The summed E-state index contributed by atoms with van der Waals surface area (Å²) in [6.45, 7) is 0.521. The van der Waals surface area contributed by atoms with Crippen molar-refractivity contribution in [3.63, 3.8) is 0 Å². The number of hydrogen-bond donors (Lipinski definition) is 2. The monoisotopic (exact) mass is 280 g/mol. The van der Waals surface area contributed by atoms with E-state index in [4.69, 9.17) is 10.3 Å². The van der Waals surface area contributed by atoms with Crippen LogP contribution in [0.1, 0.15) is 42.2 Å². The van der Waals surface area contributed by atoms with Gasteiger partial charge in [0, 0.05) is 6.04 Å². The molecule has 0 aliphatic heterocycles. The maximum Gasteiger partial charge on any atom is 0.290 e. The summed E-state index contributed by atoms with van der Waals surface area (Å²) in [6, 6.07) is 0.474. The highest BCUT2D eigenvalue weighted by atomic mass is 16.5. The molecule has 1 heterocycles. The lowest BCUT2D eigenvalue weighted by atomic mass is 10.0. The van der Waals surface area contributed by atoms with Crippen molar-refractivity contribution in [2.45, 2.75) is 44.4 Å². The molecule has 1 amide bonds. The van der Waals surface area contributed by atoms with Gasteiger partial charge in [0.25, 0.3) is 11.7 Å². The molecule has 0 radical (unpaired) electrons. The van der Waals surface area contributed by atoms with Gasteiger partial charge in [0.15, 0.2) is 0 Å². The smallest absolute Gasteiger partial charge is 0.290 e. The second-order valence-electron chi connectivity index (χ2n) is 6.06. The van der Waals surface area contributed by atoms with Crippen LogP contribution in [-0.2, 0) is 6.54 Å². The molecule has 1 aromatic heterocycles. The minimum absolute atomic E-state index is 0.0696. The van der Waals surface area contributed by atoms with Crippen LogP contribution in [0.25, 0.3) is 0 Å². The summed E-state index contributed by atoms with van der Waals surface area (Å²) in [6.07, 6.45) is 3.97. The van der Waals surface area contributed by atoms with Crippen molar-refractivity contribution in [1.29, 1.82) is 0 Å². The summed E-state index contributed by atoms with van der Waals surface area (Å²) in [5.41, 5.74) is 5.09. The predicted molar refractivity (Wildman–Crippen MR) is 69.5 cm³/mol. The Morgan fingerprint density at radius 1 is 1.40 bits per heavy atom. The quantitative estimate of drug-likeness (QED) is 0.813. The van der Waals surface area contributed by atoms with Crippen LogP contribution in [0.2, 0.25) is 0 Å². The third-order valence-electron chi connectivity index (χ3n) is 4.66. The van der Waals surface area contributed by atoms with Crippen LogP contribution in [0.3, 0.4) is 0 Å². The van der Waals surface area contributed by atoms with Crippen LogP contribution in [0.15, 0.2) is 4.52 Å². The Hall–Kier alpha value is -1.47. The summed E-state index contributed by atoms with van der Waals surface area (Å²) in [7, 11) is 2.02. The number of hydrogen-bond acceptors (Lipinski definition) is 6. The Kier molecular flexibility index (Phi) is 3.47. The van der Waals surface area contributed by atoms with Crippen molar-refractivity contribution >= 4 is 5.91 Å². The number of primary amides is 1. The number of nitrogens with two attached hydrogens (primary N) is 1. The number of carbonyl (C=O) groups is 1. The summed E-state index contributed by atoms with van der Waals surface area (Å²) < 4.78 is 5.02. The van der Waals surface area contributed by atoms with Crippen LogP contribution in [0.5, 0.6) is 0 Å². The molecule has 3 N–H and O–H groups in total. The van der Waals surface area contributed by atoms with E-state index in [-0.39, 0.29) is 11.9 Å². The molecule has 0 aromatic carbocycles. The van der Waals surface area contributed by atoms with Crippen molar-refractivity contribution in [3.8, 4) is 0 Å². The second-order valence-corrected chi connectivity index (χ2v) is 6.06. The summed E-state index contributed by atoms with van der Waals surface area (Å²) in [4.78, 5) is 17.1. The molecular formula is C13H20N4O3. The molecule has 1 aromatic rings. The van der Waals surface area contributed by atoms with Crippen molar-refractivity contribution in [3.05, 3.63) is 11.7 Å². The normalized spacial score (nSPS) is 32.8. The standard InChI is InChI=1S/C13H20N4O3/c1-17(6-11-15-13(12(14)19)16-20-11)9-2-7-4-10(18)5-8(7)3-9/h7-10,18H,2-6H2,1H3,(H2,14,19)/t7-,8+,9?,10?. The Bertz CT molecular complexity index is 490. The number of aliphatic hydroxyl groups excluding tert-OH is 1. The Morgan fingerprint density at radius 2 is 2.05 bits per heavy atom. The average molecular weight is 280 g/mol. The van der Waals surface area contributed by atoms with E-state index >= 15 is 0 Å². The van der Waals surface area contributed by atoms with E-state index in [2.05, 4.69) is 15.0 Å². The number of aliphatic hydroxyl groups is 1.